The van der Waals surface area contributed by atoms with Crippen LogP contribution >= 0.6 is 0 Å². The van der Waals surface area contributed by atoms with E-state index in [9.17, 15) is 0 Å². The minimum absolute atomic E-state index is 0.710. The molecule has 0 aromatic heterocycles. The topological polar surface area (TPSA) is 24.5 Å². The highest BCUT2D eigenvalue weighted by atomic mass is 16.5. The van der Waals surface area contributed by atoms with Gasteiger partial charge in [0.15, 0.2) is 0 Å². The standard InChI is InChI=1S/C13H26N2O/c1-15-8-2-4-13(10-15)14-7-3-9-16-11-12-5-6-12/h12-14H,2-11H2,1H3. The molecule has 0 aromatic carbocycles. The number of likely N-dealkylation sites (tertiary alicyclic amines) is 1. The van der Waals surface area contributed by atoms with E-state index < -0.39 is 0 Å². The zero-order valence-electron chi connectivity index (χ0n) is 10.6. The summed E-state index contributed by atoms with van der Waals surface area (Å²) in [6.45, 7) is 5.53. The predicted molar refractivity (Wildman–Crippen MR) is 66.7 cm³/mol. The molecule has 1 heterocycles. The molecule has 3 heteroatoms. The summed E-state index contributed by atoms with van der Waals surface area (Å²) in [5.41, 5.74) is 0. The van der Waals surface area contributed by atoms with E-state index in [0.717, 1.165) is 32.1 Å². The fourth-order valence-corrected chi connectivity index (χ4v) is 2.35. The highest BCUT2D eigenvalue weighted by Crippen LogP contribution is 2.28. The van der Waals surface area contributed by atoms with E-state index in [0.29, 0.717) is 6.04 Å². The molecule has 2 fully saturated rings. The van der Waals surface area contributed by atoms with E-state index in [1.165, 1.54) is 38.8 Å². The maximum Gasteiger partial charge on any atom is 0.0494 e. The van der Waals surface area contributed by atoms with E-state index in [4.69, 9.17) is 4.74 Å². The molecule has 1 N–H and O–H groups in total. The van der Waals surface area contributed by atoms with Gasteiger partial charge < -0.3 is 15.0 Å². The van der Waals surface area contributed by atoms with Crippen molar-refractivity contribution in [3.63, 3.8) is 0 Å². The van der Waals surface area contributed by atoms with Crippen molar-refractivity contribution in [1.82, 2.24) is 10.2 Å². The van der Waals surface area contributed by atoms with Crippen LogP contribution in [0.2, 0.25) is 0 Å². The highest BCUT2D eigenvalue weighted by molar-refractivity contribution is 4.76. The molecule has 1 unspecified atom stereocenters. The molecule has 2 rings (SSSR count). The van der Waals surface area contributed by atoms with Crippen molar-refractivity contribution in [2.24, 2.45) is 5.92 Å². The lowest BCUT2D eigenvalue weighted by Crippen LogP contribution is -2.44. The van der Waals surface area contributed by atoms with Crippen molar-refractivity contribution in [1.29, 1.82) is 0 Å². The lowest BCUT2D eigenvalue weighted by atomic mass is 10.1. The monoisotopic (exact) mass is 226 g/mol. The quantitative estimate of drug-likeness (QED) is 0.666. The first kappa shape index (κ1) is 12.3. The molecular formula is C13H26N2O. The Kier molecular flexibility index (Phi) is 5.07. The molecule has 0 aromatic rings. The third-order valence-electron chi connectivity index (χ3n) is 3.57. The van der Waals surface area contributed by atoms with Gasteiger partial charge in [0.2, 0.25) is 0 Å². The molecule has 1 aliphatic carbocycles. The third kappa shape index (κ3) is 4.81. The largest absolute Gasteiger partial charge is 0.381 e. The Bertz CT molecular complexity index is 194. The Morgan fingerprint density at radius 1 is 1.31 bits per heavy atom. The van der Waals surface area contributed by atoms with Gasteiger partial charge in [-0.1, -0.05) is 0 Å². The van der Waals surface area contributed by atoms with Crippen molar-refractivity contribution in [2.75, 3.05) is 39.9 Å². The van der Waals surface area contributed by atoms with Gasteiger partial charge in [0.05, 0.1) is 0 Å². The van der Waals surface area contributed by atoms with Crippen LogP contribution in [0.15, 0.2) is 0 Å². The molecule has 1 atom stereocenters. The molecule has 0 radical (unpaired) electrons. The fourth-order valence-electron chi connectivity index (χ4n) is 2.35. The Labute approximate surface area is 99.5 Å². The molecule has 0 amide bonds. The van der Waals surface area contributed by atoms with Crippen molar-refractivity contribution in [3.05, 3.63) is 0 Å². The Balaban J connectivity index is 1.41. The second kappa shape index (κ2) is 6.58. The van der Waals surface area contributed by atoms with Gasteiger partial charge in [0.25, 0.3) is 0 Å². The van der Waals surface area contributed by atoms with Crippen LogP contribution in [0.1, 0.15) is 32.1 Å². The van der Waals surface area contributed by atoms with Gasteiger partial charge in [0.1, 0.15) is 0 Å². The number of piperidine rings is 1. The fraction of sp³-hybridized carbons (Fsp3) is 1.00. The zero-order chi connectivity index (χ0) is 11.2. The van der Waals surface area contributed by atoms with Crippen molar-refractivity contribution >= 4 is 0 Å². The minimum Gasteiger partial charge on any atom is -0.381 e. The first-order valence-electron chi connectivity index (χ1n) is 6.84. The van der Waals surface area contributed by atoms with Gasteiger partial charge in [0, 0.05) is 25.8 Å². The lowest BCUT2D eigenvalue weighted by molar-refractivity contribution is 0.120. The number of ether oxygens (including phenoxy) is 1. The second-order valence-electron chi connectivity index (χ2n) is 5.43. The summed E-state index contributed by atoms with van der Waals surface area (Å²) in [4.78, 5) is 2.42. The van der Waals surface area contributed by atoms with Gasteiger partial charge in [-0.3, -0.25) is 0 Å². The Hall–Kier alpha value is -0.120. The number of hydrogen-bond donors (Lipinski definition) is 1. The summed E-state index contributed by atoms with van der Waals surface area (Å²) in [5.74, 6) is 0.903. The molecule has 94 valence electrons. The number of nitrogens with one attached hydrogen (secondary N) is 1. The molecule has 2 aliphatic rings. The van der Waals surface area contributed by atoms with Crippen molar-refractivity contribution in [2.45, 2.75) is 38.1 Å². The van der Waals surface area contributed by atoms with Crippen LogP contribution in [0.5, 0.6) is 0 Å². The maximum absolute atomic E-state index is 5.62. The first-order chi connectivity index (χ1) is 7.84. The van der Waals surface area contributed by atoms with E-state index >= 15 is 0 Å². The van der Waals surface area contributed by atoms with Gasteiger partial charge >= 0.3 is 0 Å². The summed E-state index contributed by atoms with van der Waals surface area (Å²) < 4.78 is 5.62. The number of likely N-dealkylation sites (N-methyl/N-ethyl adjacent to an activating group) is 1. The van der Waals surface area contributed by atoms with Crippen LogP contribution in [-0.2, 0) is 4.74 Å². The smallest absolute Gasteiger partial charge is 0.0494 e. The van der Waals surface area contributed by atoms with Crippen LogP contribution in [0.25, 0.3) is 0 Å². The summed E-state index contributed by atoms with van der Waals surface area (Å²) in [6.07, 6.45) is 6.63. The molecule has 1 saturated carbocycles. The molecule has 0 bridgehead atoms. The van der Waals surface area contributed by atoms with E-state index in [-0.39, 0.29) is 0 Å². The number of nitrogens with zero attached hydrogens (tertiary/aromatic N) is 1. The van der Waals surface area contributed by atoms with Crippen molar-refractivity contribution in [3.8, 4) is 0 Å². The number of hydrogen-bond acceptors (Lipinski definition) is 3. The van der Waals surface area contributed by atoms with Crippen LogP contribution < -0.4 is 5.32 Å². The van der Waals surface area contributed by atoms with Crippen molar-refractivity contribution < 1.29 is 4.74 Å². The predicted octanol–water partition coefficient (Wildman–Crippen LogP) is 1.49. The molecule has 16 heavy (non-hydrogen) atoms. The lowest BCUT2D eigenvalue weighted by Gasteiger charge is -2.30. The Morgan fingerprint density at radius 3 is 2.94 bits per heavy atom. The normalized spacial score (nSPS) is 27.2. The van der Waals surface area contributed by atoms with Crippen LogP contribution in [-0.4, -0.2) is 50.8 Å². The summed E-state index contributed by atoms with van der Waals surface area (Å²) in [6, 6.07) is 0.710. The van der Waals surface area contributed by atoms with E-state index in [2.05, 4.69) is 17.3 Å². The number of rotatable bonds is 7. The third-order valence-corrected chi connectivity index (χ3v) is 3.57. The second-order valence-corrected chi connectivity index (χ2v) is 5.43. The average Bonchev–Trinajstić information content (AvgIpc) is 3.07. The van der Waals surface area contributed by atoms with Gasteiger partial charge in [-0.25, -0.2) is 0 Å². The molecule has 1 aliphatic heterocycles. The average molecular weight is 226 g/mol. The maximum atomic E-state index is 5.62. The summed E-state index contributed by atoms with van der Waals surface area (Å²) >= 11 is 0. The van der Waals surface area contributed by atoms with E-state index in [1.54, 1.807) is 0 Å². The summed E-state index contributed by atoms with van der Waals surface area (Å²) in [5, 5.41) is 3.63. The minimum atomic E-state index is 0.710. The molecule has 1 saturated heterocycles. The summed E-state index contributed by atoms with van der Waals surface area (Å²) in [7, 11) is 2.21. The van der Waals surface area contributed by atoms with Crippen LogP contribution in [0.4, 0.5) is 0 Å². The van der Waals surface area contributed by atoms with E-state index in [1.807, 2.05) is 0 Å². The molecular weight excluding hydrogens is 200 g/mol. The SMILES string of the molecule is CN1CCCC(NCCCOCC2CC2)C1. The Morgan fingerprint density at radius 2 is 2.19 bits per heavy atom. The highest BCUT2D eigenvalue weighted by Gasteiger charge is 2.21. The molecule has 3 nitrogen and oxygen atoms in total. The first-order valence-corrected chi connectivity index (χ1v) is 6.84. The van der Waals surface area contributed by atoms with Crippen LogP contribution in [0.3, 0.4) is 0 Å². The van der Waals surface area contributed by atoms with Crippen LogP contribution in [0, 0.1) is 5.92 Å². The van der Waals surface area contributed by atoms with Gasteiger partial charge in [-0.2, -0.15) is 0 Å². The zero-order valence-corrected chi connectivity index (χ0v) is 10.6. The van der Waals surface area contributed by atoms with Gasteiger partial charge in [-0.15, -0.1) is 0 Å². The van der Waals surface area contributed by atoms with Gasteiger partial charge in [-0.05, 0) is 58.2 Å². The molecule has 0 spiro atoms.